The van der Waals surface area contributed by atoms with Crippen LogP contribution in [0.3, 0.4) is 0 Å². The molecule has 0 bridgehead atoms. The van der Waals surface area contributed by atoms with Gasteiger partial charge in [-0.25, -0.2) is 8.42 Å². The van der Waals surface area contributed by atoms with Gasteiger partial charge in [0, 0.05) is 29.7 Å². The molecule has 3 rings (SSSR count). The topological polar surface area (TPSA) is 114 Å². The molecule has 9 nitrogen and oxygen atoms in total. The number of nitrogens with zero attached hydrogens (tertiary/aromatic N) is 3. The average molecular weight is 473 g/mol. The second kappa shape index (κ2) is 9.27. The molecule has 0 unspecified atom stereocenters. The molecule has 1 heterocycles. The van der Waals surface area contributed by atoms with E-state index in [9.17, 15) is 18.5 Å². The summed E-state index contributed by atoms with van der Waals surface area (Å²) in [4.78, 5) is 10.7. The van der Waals surface area contributed by atoms with Gasteiger partial charge < -0.3 is 4.74 Å². The number of halogens is 2. The standard InChI is InChI=1S/C18H18Cl2N4O5S/c1-12(15-4-2-13(19)10-16(15)20)21-22-17-5-3-14(11-18(17)24(25)26)30(27,28)23-6-8-29-9-7-23/h2-5,10-11,22H,6-9H2,1H3. The highest BCUT2D eigenvalue weighted by molar-refractivity contribution is 7.89. The van der Waals surface area contributed by atoms with Crippen LogP contribution in [-0.2, 0) is 14.8 Å². The summed E-state index contributed by atoms with van der Waals surface area (Å²) in [5.41, 5.74) is 3.32. The number of ether oxygens (including phenoxy) is 1. The van der Waals surface area contributed by atoms with E-state index < -0.39 is 20.6 Å². The summed E-state index contributed by atoms with van der Waals surface area (Å²) in [6.07, 6.45) is 0. The Morgan fingerprint density at radius 3 is 2.53 bits per heavy atom. The first-order valence-electron chi connectivity index (χ1n) is 8.82. The van der Waals surface area contributed by atoms with Crippen molar-refractivity contribution in [3.63, 3.8) is 0 Å². The van der Waals surface area contributed by atoms with Crippen LogP contribution in [0.1, 0.15) is 12.5 Å². The number of rotatable bonds is 6. The van der Waals surface area contributed by atoms with E-state index in [-0.39, 0.29) is 36.9 Å². The largest absolute Gasteiger partial charge is 0.379 e. The Morgan fingerprint density at radius 1 is 1.20 bits per heavy atom. The number of nitrogens with one attached hydrogen (secondary N) is 1. The maximum atomic E-state index is 12.8. The van der Waals surface area contributed by atoms with Gasteiger partial charge in [-0.05, 0) is 31.2 Å². The van der Waals surface area contributed by atoms with Gasteiger partial charge in [-0.3, -0.25) is 15.5 Å². The normalized spacial score (nSPS) is 15.8. The van der Waals surface area contributed by atoms with E-state index in [2.05, 4.69) is 10.5 Å². The SMILES string of the molecule is CC(=NNc1ccc(S(=O)(=O)N2CCOCC2)cc1[N+](=O)[O-])c1ccc(Cl)cc1Cl. The van der Waals surface area contributed by atoms with Crippen LogP contribution in [0.2, 0.25) is 10.0 Å². The number of nitro groups is 1. The molecule has 1 saturated heterocycles. The van der Waals surface area contributed by atoms with Crippen molar-refractivity contribution >= 4 is 50.3 Å². The van der Waals surface area contributed by atoms with Gasteiger partial charge in [0.05, 0.1) is 33.8 Å². The van der Waals surface area contributed by atoms with Crippen LogP contribution in [-0.4, -0.2) is 49.7 Å². The second-order valence-electron chi connectivity index (χ2n) is 6.39. The zero-order chi connectivity index (χ0) is 21.9. The molecule has 12 heteroatoms. The number of nitro benzene ring substituents is 1. The number of morpholine rings is 1. The molecule has 1 N–H and O–H groups in total. The van der Waals surface area contributed by atoms with E-state index in [1.54, 1.807) is 25.1 Å². The Morgan fingerprint density at radius 2 is 1.90 bits per heavy atom. The third-order valence-electron chi connectivity index (χ3n) is 4.44. The summed E-state index contributed by atoms with van der Waals surface area (Å²) in [5.74, 6) is 0. The molecule has 160 valence electrons. The van der Waals surface area contributed by atoms with Crippen molar-refractivity contribution in [2.24, 2.45) is 5.10 Å². The third kappa shape index (κ3) is 4.90. The first-order valence-corrected chi connectivity index (χ1v) is 11.0. The van der Waals surface area contributed by atoms with Gasteiger partial charge in [0.25, 0.3) is 5.69 Å². The molecule has 0 aromatic heterocycles. The third-order valence-corrected chi connectivity index (χ3v) is 6.88. The summed E-state index contributed by atoms with van der Waals surface area (Å²) in [6.45, 7) is 2.62. The van der Waals surface area contributed by atoms with E-state index in [0.717, 1.165) is 6.07 Å². The summed E-state index contributed by atoms with van der Waals surface area (Å²) < 4.78 is 31.9. The fourth-order valence-corrected chi connectivity index (χ4v) is 4.81. The van der Waals surface area contributed by atoms with Crippen molar-refractivity contribution in [2.75, 3.05) is 31.7 Å². The van der Waals surface area contributed by atoms with Crippen LogP contribution in [0.5, 0.6) is 0 Å². The summed E-state index contributed by atoms with van der Waals surface area (Å²) in [6, 6.07) is 8.53. The summed E-state index contributed by atoms with van der Waals surface area (Å²) in [5, 5.41) is 16.5. The van der Waals surface area contributed by atoms with Crippen LogP contribution in [0.15, 0.2) is 46.4 Å². The average Bonchev–Trinajstić information content (AvgIpc) is 2.72. The molecule has 0 aliphatic carbocycles. The number of benzene rings is 2. The Labute approximate surface area is 183 Å². The highest BCUT2D eigenvalue weighted by atomic mass is 35.5. The monoisotopic (exact) mass is 472 g/mol. The lowest BCUT2D eigenvalue weighted by atomic mass is 10.1. The molecule has 1 aliphatic heterocycles. The van der Waals surface area contributed by atoms with E-state index in [1.165, 1.54) is 16.4 Å². The predicted octanol–water partition coefficient (Wildman–Crippen LogP) is 3.76. The molecular formula is C18H18Cl2N4O5S. The minimum absolute atomic E-state index is 0.0466. The smallest absolute Gasteiger partial charge is 0.295 e. The molecule has 1 fully saturated rings. The number of hydrogen-bond donors (Lipinski definition) is 1. The Balaban J connectivity index is 1.89. The van der Waals surface area contributed by atoms with Crippen molar-refractivity contribution in [1.29, 1.82) is 0 Å². The van der Waals surface area contributed by atoms with Crippen molar-refractivity contribution < 1.29 is 18.1 Å². The van der Waals surface area contributed by atoms with Crippen molar-refractivity contribution in [3.05, 3.63) is 62.1 Å². The molecule has 30 heavy (non-hydrogen) atoms. The highest BCUT2D eigenvalue weighted by Crippen LogP contribution is 2.30. The molecule has 1 aliphatic rings. The molecule has 0 amide bonds. The predicted molar refractivity (Wildman–Crippen MR) is 115 cm³/mol. The van der Waals surface area contributed by atoms with Gasteiger partial charge in [-0.2, -0.15) is 9.41 Å². The van der Waals surface area contributed by atoms with Crippen LogP contribution in [0, 0.1) is 10.1 Å². The number of hydrogen-bond acceptors (Lipinski definition) is 7. The first-order chi connectivity index (χ1) is 14.2. The highest BCUT2D eigenvalue weighted by Gasteiger charge is 2.28. The Hall–Kier alpha value is -2.24. The first kappa shape index (κ1) is 22.4. The lowest BCUT2D eigenvalue weighted by molar-refractivity contribution is -0.384. The van der Waals surface area contributed by atoms with Gasteiger partial charge in [0.15, 0.2) is 0 Å². The van der Waals surface area contributed by atoms with Gasteiger partial charge >= 0.3 is 0 Å². The lowest BCUT2D eigenvalue weighted by Gasteiger charge is -2.26. The summed E-state index contributed by atoms with van der Waals surface area (Å²) >= 11 is 12.0. The molecule has 0 saturated carbocycles. The maximum absolute atomic E-state index is 12.8. The minimum Gasteiger partial charge on any atom is -0.379 e. The van der Waals surface area contributed by atoms with Crippen molar-refractivity contribution in [2.45, 2.75) is 11.8 Å². The zero-order valence-electron chi connectivity index (χ0n) is 15.8. The lowest BCUT2D eigenvalue weighted by Crippen LogP contribution is -2.40. The molecule has 0 radical (unpaired) electrons. The van der Waals surface area contributed by atoms with Gasteiger partial charge in [0.2, 0.25) is 10.0 Å². The van der Waals surface area contributed by atoms with Gasteiger partial charge in [-0.1, -0.05) is 29.3 Å². The second-order valence-corrected chi connectivity index (χ2v) is 9.17. The fraction of sp³-hybridized carbons (Fsp3) is 0.278. The van der Waals surface area contributed by atoms with Crippen LogP contribution in [0.25, 0.3) is 0 Å². The molecule has 0 spiro atoms. The molecule has 2 aromatic carbocycles. The maximum Gasteiger partial charge on any atom is 0.295 e. The van der Waals surface area contributed by atoms with Gasteiger partial charge in [-0.15, -0.1) is 0 Å². The van der Waals surface area contributed by atoms with E-state index in [1.807, 2.05) is 0 Å². The van der Waals surface area contributed by atoms with Crippen molar-refractivity contribution in [1.82, 2.24) is 4.31 Å². The zero-order valence-corrected chi connectivity index (χ0v) is 18.2. The van der Waals surface area contributed by atoms with Gasteiger partial charge in [0.1, 0.15) is 5.69 Å². The van der Waals surface area contributed by atoms with Crippen LogP contribution < -0.4 is 5.43 Å². The number of hydrazone groups is 1. The van der Waals surface area contributed by atoms with E-state index in [0.29, 0.717) is 21.3 Å². The number of anilines is 1. The van der Waals surface area contributed by atoms with E-state index in [4.69, 9.17) is 27.9 Å². The van der Waals surface area contributed by atoms with Crippen LogP contribution in [0.4, 0.5) is 11.4 Å². The Kier molecular flexibility index (Phi) is 6.94. The molecule has 2 aromatic rings. The molecular weight excluding hydrogens is 455 g/mol. The van der Waals surface area contributed by atoms with E-state index >= 15 is 0 Å². The minimum atomic E-state index is -3.86. The summed E-state index contributed by atoms with van der Waals surface area (Å²) in [7, 11) is -3.86. The fourth-order valence-electron chi connectivity index (χ4n) is 2.84. The van der Waals surface area contributed by atoms with Crippen LogP contribution >= 0.6 is 23.2 Å². The molecule has 0 atom stereocenters. The quantitative estimate of drug-likeness (QED) is 0.388. The van der Waals surface area contributed by atoms with Crippen molar-refractivity contribution in [3.8, 4) is 0 Å². The Bertz CT molecular complexity index is 1100. The number of sulfonamides is 1.